The zero-order valence-electron chi connectivity index (χ0n) is 13.9. The summed E-state index contributed by atoms with van der Waals surface area (Å²) in [6, 6.07) is 4.31. The molecule has 0 aromatic carbocycles. The molecule has 0 fully saturated rings. The predicted molar refractivity (Wildman–Crippen MR) is 97.2 cm³/mol. The zero-order chi connectivity index (χ0) is 15.3. The van der Waals surface area contributed by atoms with E-state index in [1.807, 2.05) is 6.20 Å². The third-order valence-corrected chi connectivity index (χ3v) is 4.81. The van der Waals surface area contributed by atoms with Gasteiger partial charge in [0.15, 0.2) is 0 Å². The normalized spacial score (nSPS) is 12.5. The van der Waals surface area contributed by atoms with E-state index in [1.54, 1.807) is 0 Å². The van der Waals surface area contributed by atoms with Gasteiger partial charge in [-0.05, 0) is 25.0 Å². The summed E-state index contributed by atoms with van der Waals surface area (Å²) in [5.74, 6) is 0. The standard InChI is InChI=1S/C19H32BrN/c1-3-4-5-6-7-8-9-10-11-12-18(20)15-19-14-13-17(2)16-21-19/h13-14,16,18H,3-12,15H2,1-2H3. The number of alkyl halides is 1. The van der Waals surface area contributed by atoms with Gasteiger partial charge in [0, 0.05) is 23.1 Å². The van der Waals surface area contributed by atoms with Gasteiger partial charge in [-0.25, -0.2) is 0 Å². The Balaban J connectivity index is 1.96. The lowest BCUT2D eigenvalue weighted by Gasteiger charge is -2.09. The molecule has 1 unspecified atom stereocenters. The molecule has 1 aromatic heterocycles. The smallest absolute Gasteiger partial charge is 0.0414 e. The van der Waals surface area contributed by atoms with Crippen molar-refractivity contribution >= 4 is 15.9 Å². The molecule has 0 aliphatic heterocycles. The van der Waals surface area contributed by atoms with E-state index in [0.29, 0.717) is 4.83 Å². The second kappa shape index (κ2) is 12.2. The van der Waals surface area contributed by atoms with Crippen molar-refractivity contribution in [1.82, 2.24) is 4.98 Å². The summed E-state index contributed by atoms with van der Waals surface area (Å²) in [5, 5.41) is 0. The van der Waals surface area contributed by atoms with Crippen molar-refractivity contribution in [3.05, 3.63) is 29.6 Å². The number of pyridine rings is 1. The fourth-order valence-corrected chi connectivity index (χ4v) is 3.28. The minimum absolute atomic E-state index is 0.581. The van der Waals surface area contributed by atoms with Crippen LogP contribution in [-0.2, 0) is 6.42 Å². The Hall–Kier alpha value is -0.370. The van der Waals surface area contributed by atoms with Crippen LogP contribution in [0.1, 0.15) is 82.4 Å². The first-order chi connectivity index (χ1) is 10.2. The van der Waals surface area contributed by atoms with Crippen molar-refractivity contribution in [3.63, 3.8) is 0 Å². The number of halogens is 1. The van der Waals surface area contributed by atoms with Crippen molar-refractivity contribution in [2.45, 2.75) is 89.3 Å². The van der Waals surface area contributed by atoms with Crippen LogP contribution < -0.4 is 0 Å². The van der Waals surface area contributed by atoms with Gasteiger partial charge in [0.1, 0.15) is 0 Å². The van der Waals surface area contributed by atoms with Crippen molar-refractivity contribution in [2.75, 3.05) is 0 Å². The highest BCUT2D eigenvalue weighted by atomic mass is 79.9. The molecule has 0 aliphatic carbocycles. The molecule has 2 heteroatoms. The lowest BCUT2D eigenvalue weighted by atomic mass is 10.0. The number of aromatic nitrogens is 1. The molecular weight excluding hydrogens is 322 g/mol. The number of hydrogen-bond donors (Lipinski definition) is 0. The van der Waals surface area contributed by atoms with Gasteiger partial charge in [-0.1, -0.05) is 86.7 Å². The van der Waals surface area contributed by atoms with Crippen molar-refractivity contribution < 1.29 is 0 Å². The summed E-state index contributed by atoms with van der Waals surface area (Å²) >= 11 is 3.80. The summed E-state index contributed by atoms with van der Waals surface area (Å²) in [6.45, 7) is 4.37. The average molecular weight is 354 g/mol. The topological polar surface area (TPSA) is 12.9 Å². The SMILES string of the molecule is CCCCCCCCCCCC(Br)Cc1ccc(C)cn1. The molecule has 1 aromatic rings. The van der Waals surface area contributed by atoms with Gasteiger partial charge in [0.05, 0.1) is 0 Å². The van der Waals surface area contributed by atoms with Gasteiger partial charge < -0.3 is 0 Å². The molecular formula is C19H32BrN. The highest BCUT2D eigenvalue weighted by molar-refractivity contribution is 9.09. The second-order valence-electron chi connectivity index (χ2n) is 6.25. The highest BCUT2D eigenvalue weighted by Crippen LogP contribution is 2.17. The number of rotatable bonds is 12. The molecule has 120 valence electrons. The van der Waals surface area contributed by atoms with E-state index in [2.05, 4.69) is 46.9 Å². The van der Waals surface area contributed by atoms with Crippen molar-refractivity contribution in [3.8, 4) is 0 Å². The Morgan fingerprint density at radius 1 is 0.952 bits per heavy atom. The zero-order valence-corrected chi connectivity index (χ0v) is 15.5. The molecule has 0 saturated carbocycles. The van der Waals surface area contributed by atoms with E-state index in [-0.39, 0.29) is 0 Å². The Morgan fingerprint density at radius 2 is 1.57 bits per heavy atom. The van der Waals surface area contributed by atoms with E-state index in [9.17, 15) is 0 Å². The fraction of sp³-hybridized carbons (Fsp3) is 0.737. The highest BCUT2D eigenvalue weighted by Gasteiger charge is 2.06. The van der Waals surface area contributed by atoms with Crippen LogP contribution in [0.4, 0.5) is 0 Å². The minimum atomic E-state index is 0.581. The Kier molecular flexibility index (Phi) is 10.9. The number of unbranched alkanes of at least 4 members (excludes halogenated alkanes) is 8. The monoisotopic (exact) mass is 353 g/mol. The first-order valence-corrected chi connectivity index (χ1v) is 9.69. The molecule has 1 atom stereocenters. The molecule has 0 bridgehead atoms. The van der Waals surface area contributed by atoms with Crippen LogP contribution in [0.2, 0.25) is 0 Å². The van der Waals surface area contributed by atoms with Crippen LogP contribution in [0.15, 0.2) is 18.3 Å². The van der Waals surface area contributed by atoms with Crippen LogP contribution in [0.5, 0.6) is 0 Å². The summed E-state index contributed by atoms with van der Waals surface area (Å²) in [6.07, 6.45) is 16.9. The molecule has 21 heavy (non-hydrogen) atoms. The van der Waals surface area contributed by atoms with E-state index in [1.165, 1.54) is 75.5 Å². The summed E-state index contributed by atoms with van der Waals surface area (Å²) in [4.78, 5) is 5.06. The minimum Gasteiger partial charge on any atom is -0.261 e. The third kappa shape index (κ3) is 10.1. The maximum absolute atomic E-state index is 4.48. The van der Waals surface area contributed by atoms with Gasteiger partial charge in [-0.15, -0.1) is 0 Å². The van der Waals surface area contributed by atoms with Crippen LogP contribution in [0.25, 0.3) is 0 Å². The molecule has 0 radical (unpaired) electrons. The third-order valence-electron chi connectivity index (χ3n) is 4.02. The lowest BCUT2D eigenvalue weighted by Crippen LogP contribution is -2.04. The first-order valence-electron chi connectivity index (χ1n) is 8.78. The maximum atomic E-state index is 4.48. The Labute approximate surface area is 140 Å². The molecule has 0 spiro atoms. The van der Waals surface area contributed by atoms with Crippen LogP contribution in [-0.4, -0.2) is 9.81 Å². The van der Waals surface area contributed by atoms with E-state index < -0.39 is 0 Å². The molecule has 0 saturated heterocycles. The summed E-state index contributed by atoms with van der Waals surface area (Å²) in [7, 11) is 0. The number of nitrogens with zero attached hydrogens (tertiary/aromatic N) is 1. The van der Waals surface area contributed by atoms with Crippen molar-refractivity contribution in [2.24, 2.45) is 0 Å². The largest absolute Gasteiger partial charge is 0.261 e. The van der Waals surface area contributed by atoms with Gasteiger partial charge in [-0.2, -0.15) is 0 Å². The van der Waals surface area contributed by atoms with E-state index in [4.69, 9.17) is 0 Å². The van der Waals surface area contributed by atoms with Gasteiger partial charge in [0.25, 0.3) is 0 Å². The molecule has 1 rings (SSSR count). The fourth-order valence-electron chi connectivity index (χ4n) is 2.62. The van der Waals surface area contributed by atoms with Crippen LogP contribution in [0.3, 0.4) is 0 Å². The lowest BCUT2D eigenvalue weighted by molar-refractivity contribution is 0.553. The summed E-state index contributed by atoms with van der Waals surface area (Å²) in [5.41, 5.74) is 2.45. The van der Waals surface area contributed by atoms with Gasteiger partial charge in [-0.3, -0.25) is 4.98 Å². The van der Waals surface area contributed by atoms with Gasteiger partial charge in [0.2, 0.25) is 0 Å². The Bertz CT molecular complexity index is 347. The molecule has 1 nitrogen and oxygen atoms in total. The molecule has 0 amide bonds. The average Bonchev–Trinajstić information content (AvgIpc) is 2.48. The predicted octanol–water partition coefficient (Wildman–Crippen LogP) is 6.62. The van der Waals surface area contributed by atoms with E-state index in [0.717, 1.165) is 6.42 Å². The van der Waals surface area contributed by atoms with E-state index >= 15 is 0 Å². The Morgan fingerprint density at radius 3 is 2.14 bits per heavy atom. The second-order valence-corrected chi connectivity index (χ2v) is 7.54. The number of aryl methyl sites for hydroxylation is 1. The van der Waals surface area contributed by atoms with Crippen LogP contribution >= 0.6 is 15.9 Å². The maximum Gasteiger partial charge on any atom is 0.0414 e. The first kappa shape index (κ1) is 18.7. The van der Waals surface area contributed by atoms with Crippen LogP contribution in [0, 0.1) is 6.92 Å². The van der Waals surface area contributed by atoms with Gasteiger partial charge >= 0.3 is 0 Å². The molecule has 0 aliphatic rings. The molecule has 0 N–H and O–H groups in total. The quantitative estimate of drug-likeness (QED) is 0.304. The number of hydrogen-bond acceptors (Lipinski definition) is 1. The summed E-state index contributed by atoms with van der Waals surface area (Å²) < 4.78 is 0. The molecule has 1 heterocycles. The van der Waals surface area contributed by atoms with Crippen molar-refractivity contribution in [1.29, 1.82) is 0 Å².